The molecule has 0 aromatic heterocycles. The van der Waals surface area contributed by atoms with Crippen molar-refractivity contribution in [1.82, 2.24) is 4.90 Å². The van der Waals surface area contributed by atoms with Crippen LogP contribution >= 0.6 is 0 Å². The molecule has 5 heteroatoms. The summed E-state index contributed by atoms with van der Waals surface area (Å²) in [6.45, 7) is 0.761. The van der Waals surface area contributed by atoms with Gasteiger partial charge in [0.1, 0.15) is 6.61 Å². The summed E-state index contributed by atoms with van der Waals surface area (Å²) in [7, 11) is 3.42. The summed E-state index contributed by atoms with van der Waals surface area (Å²) in [5.74, 6) is -0.231. The van der Waals surface area contributed by atoms with Gasteiger partial charge in [-0.05, 0) is 24.3 Å². The molecule has 2 rings (SSSR count). The second kappa shape index (κ2) is 7.45. The molecule has 1 N–H and O–H groups in total. The molecule has 1 amide bonds. The molecule has 0 aliphatic carbocycles. The fraction of sp³-hybridized carbons (Fsp3) is 0.235. The number of ether oxygens (including phenoxy) is 1. The zero-order valence-corrected chi connectivity index (χ0v) is 12.7. The highest BCUT2D eigenvalue weighted by molar-refractivity contribution is 5.99. The summed E-state index contributed by atoms with van der Waals surface area (Å²) < 4.78 is 18.8. The van der Waals surface area contributed by atoms with Crippen molar-refractivity contribution >= 4 is 11.6 Å². The average molecular weight is 302 g/mol. The molecule has 0 bridgehead atoms. The van der Waals surface area contributed by atoms with Crippen LogP contribution in [0.3, 0.4) is 0 Å². The number of benzene rings is 2. The summed E-state index contributed by atoms with van der Waals surface area (Å²) in [6, 6.07) is 13.5. The Balaban J connectivity index is 1.92. The van der Waals surface area contributed by atoms with Gasteiger partial charge < -0.3 is 15.0 Å². The highest BCUT2D eigenvalue weighted by Gasteiger charge is 2.12. The summed E-state index contributed by atoms with van der Waals surface area (Å²) in [6.07, 6.45) is 0. The van der Waals surface area contributed by atoms with Crippen molar-refractivity contribution in [3.63, 3.8) is 0 Å². The fourth-order valence-corrected chi connectivity index (χ4v) is 1.97. The van der Waals surface area contributed by atoms with Crippen LogP contribution in [0.25, 0.3) is 0 Å². The quantitative estimate of drug-likeness (QED) is 0.834. The van der Waals surface area contributed by atoms with Crippen LogP contribution in [-0.2, 0) is 0 Å². The predicted molar refractivity (Wildman–Crippen MR) is 84.8 cm³/mol. The maximum absolute atomic E-state index is 13.4. The van der Waals surface area contributed by atoms with Crippen LogP contribution in [0, 0.1) is 5.82 Å². The first-order chi connectivity index (χ1) is 10.6. The molecule has 0 atom stereocenters. The predicted octanol–water partition coefficient (Wildman–Crippen LogP) is 3.02. The molecule has 22 heavy (non-hydrogen) atoms. The van der Waals surface area contributed by atoms with E-state index in [2.05, 4.69) is 5.32 Å². The van der Waals surface area contributed by atoms with Gasteiger partial charge in [0.15, 0.2) is 11.6 Å². The Morgan fingerprint density at radius 2 is 1.82 bits per heavy atom. The second-order valence-corrected chi connectivity index (χ2v) is 4.95. The molecule has 0 saturated carbocycles. The number of rotatable bonds is 6. The Bertz CT molecular complexity index is 644. The van der Waals surface area contributed by atoms with Gasteiger partial charge in [0.2, 0.25) is 0 Å². The Labute approximate surface area is 129 Å². The van der Waals surface area contributed by atoms with Gasteiger partial charge in [-0.3, -0.25) is 4.79 Å². The molecule has 0 fully saturated rings. The molecule has 0 unspecified atom stereocenters. The van der Waals surface area contributed by atoms with E-state index in [0.717, 1.165) is 5.69 Å². The zero-order valence-electron chi connectivity index (χ0n) is 12.7. The summed E-state index contributed by atoms with van der Waals surface area (Å²) in [5.41, 5.74) is 1.33. The Morgan fingerprint density at radius 3 is 2.55 bits per heavy atom. The van der Waals surface area contributed by atoms with Crippen molar-refractivity contribution in [3.05, 3.63) is 59.9 Å². The lowest BCUT2D eigenvalue weighted by Crippen LogP contribution is -2.23. The minimum atomic E-state index is -0.384. The summed E-state index contributed by atoms with van der Waals surface area (Å²) in [4.78, 5) is 13.6. The second-order valence-electron chi connectivity index (χ2n) is 4.95. The first-order valence-electron chi connectivity index (χ1n) is 7.01. The zero-order chi connectivity index (χ0) is 15.9. The van der Waals surface area contributed by atoms with E-state index in [1.165, 1.54) is 11.0 Å². The van der Waals surface area contributed by atoms with Crippen LogP contribution in [0.1, 0.15) is 10.4 Å². The number of amides is 1. The number of anilines is 1. The number of para-hydroxylation sites is 2. The molecule has 0 aliphatic rings. The molecule has 0 heterocycles. The van der Waals surface area contributed by atoms with E-state index in [0.29, 0.717) is 18.7 Å². The maximum atomic E-state index is 13.4. The molecule has 0 saturated heterocycles. The van der Waals surface area contributed by atoms with Gasteiger partial charge in [0, 0.05) is 26.3 Å². The topological polar surface area (TPSA) is 41.6 Å². The monoisotopic (exact) mass is 302 g/mol. The van der Waals surface area contributed by atoms with E-state index in [9.17, 15) is 9.18 Å². The first kappa shape index (κ1) is 15.8. The highest BCUT2D eigenvalue weighted by Crippen LogP contribution is 2.17. The Morgan fingerprint density at radius 1 is 1.14 bits per heavy atom. The van der Waals surface area contributed by atoms with Crippen molar-refractivity contribution < 1.29 is 13.9 Å². The maximum Gasteiger partial charge on any atom is 0.255 e. The number of halogens is 1. The number of nitrogens with zero attached hydrogens (tertiary/aromatic N) is 1. The van der Waals surface area contributed by atoms with Crippen molar-refractivity contribution in [3.8, 4) is 5.75 Å². The van der Waals surface area contributed by atoms with Crippen molar-refractivity contribution in [1.29, 1.82) is 0 Å². The lowest BCUT2D eigenvalue weighted by Gasteiger charge is -2.15. The van der Waals surface area contributed by atoms with Crippen LogP contribution in [0.5, 0.6) is 5.75 Å². The van der Waals surface area contributed by atoms with Crippen LogP contribution in [0.2, 0.25) is 0 Å². The van der Waals surface area contributed by atoms with E-state index in [4.69, 9.17) is 4.74 Å². The summed E-state index contributed by atoms with van der Waals surface area (Å²) in [5, 5.41) is 3.14. The van der Waals surface area contributed by atoms with E-state index < -0.39 is 0 Å². The third-order valence-electron chi connectivity index (χ3n) is 3.08. The number of hydrogen-bond donors (Lipinski definition) is 1. The third kappa shape index (κ3) is 3.97. The lowest BCUT2D eigenvalue weighted by molar-refractivity contribution is 0.0828. The number of carbonyl (C=O) groups excluding carboxylic acids is 1. The van der Waals surface area contributed by atoms with E-state index in [-0.39, 0.29) is 17.5 Å². The first-order valence-corrected chi connectivity index (χ1v) is 7.01. The van der Waals surface area contributed by atoms with Crippen LogP contribution in [0.4, 0.5) is 10.1 Å². The van der Waals surface area contributed by atoms with Gasteiger partial charge in [0.05, 0.1) is 5.56 Å². The highest BCUT2D eigenvalue weighted by atomic mass is 19.1. The Kier molecular flexibility index (Phi) is 5.36. The van der Waals surface area contributed by atoms with E-state index in [1.54, 1.807) is 38.4 Å². The SMILES string of the molecule is CN(C)C(=O)c1ccccc1NCCOc1ccccc1F. The van der Waals surface area contributed by atoms with Crippen LogP contribution in [-0.4, -0.2) is 38.1 Å². The smallest absolute Gasteiger partial charge is 0.255 e. The fourth-order valence-electron chi connectivity index (χ4n) is 1.97. The van der Waals surface area contributed by atoms with E-state index in [1.807, 2.05) is 18.2 Å². The van der Waals surface area contributed by atoms with E-state index >= 15 is 0 Å². The van der Waals surface area contributed by atoms with Gasteiger partial charge in [-0.2, -0.15) is 0 Å². The minimum Gasteiger partial charge on any atom is -0.489 e. The van der Waals surface area contributed by atoms with Crippen LogP contribution in [0.15, 0.2) is 48.5 Å². The molecule has 4 nitrogen and oxygen atoms in total. The number of hydrogen-bond acceptors (Lipinski definition) is 3. The average Bonchev–Trinajstić information content (AvgIpc) is 2.52. The summed E-state index contributed by atoms with van der Waals surface area (Å²) >= 11 is 0. The number of carbonyl (C=O) groups is 1. The largest absolute Gasteiger partial charge is 0.489 e. The number of nitrogens with one attached hydrogen (secondary N) is 1. The third-order valence-corrected chi connectivity index (χ3v) is 3.08. The van der Waals surface area contributed by atoms with Gasteiger partial charge in [0.25, 0.3) is 5.91 Å². The molecule has 116 valence electrons. The Hall–Kier alpha value is -2.56. The van der Waals surface area contributed by atoms with Gasteiger partial charge in [-0.1, -0.05) is 24.3 Å². The van der Waals surface area contributed by atoms with Crippen molar-refractivity contribution in [2.24, 2.45) is 0 Å². The van der Waals surface area contributed by atoms with Gasteiger partial charge in [-0.25, -0.2) is 4.39 Å². The molecule has 0 spiro atoms. The minimum absolute atomic E-state index is 0.0712. The molecular formula is C17H19FN2O2. The molecule has 0 aliphatic heterocycles. The molecule has 2 aromatic rings. The molecule has 2 aromatic carbocycles. The van der Waals surface area contributed by atoms with Crippen molar-refractivity contribution in [2.45, 2.75) is 0 Å². The molecular weight excluding hydrogens is 283 g/mol. The van der Waals surface area contributed by atoms with Gasteiger partial charge in [-0.15, -0.1) is 0 Å². The lowest BCUT2D eigenvalue weighted by atomic mass is 10.1. The normalized spacial score (nSPS) is 10.1. The van der Waals surface area contributed by atoms with Crippen molar-refractivity contribution in [2.75, 3.05) is 32.6 Å². The van der Waals surface area contributed by atoms with Crippen LogP contribution < -0.4 is 10.1 Å². The standard InChI is InChI=1S/C17H19FN2O2/c1-20(2)17(21)13-7-3-5-9-15(13)19-11-12-22-16-10-6-4-8-14(16)18/h3-10,19H,11-12H2,1-2H3. The van der Waals surface area contributed by atoms with Gasteiger partial charge >= 0.3 is 0 Å². The molecule has 0 radical (unpaired) electrons.